The Kier molecular flexibility index (Phi) is 2.14. The lowest BCUT2D eigenvalue weighted by molar-refractivity contribution is 0.00927. The van der Waals surface area contributed by atoms with Crippen molar-refractivity contribution in [3.05, 3.63) is 0 Å². The highest BCUT2D eigenvalue weighted by molar-refractivity contribution is 5.13. The normalized spacial score (nSPS) is 58.2. The van der Waals surface area contributed by atoms with Crippen LogP contribution in [0.5, 0.6) is 0 Å². The lowest BCUT2D eigenvalue weighted by Crippen LogP contribution is -2.45. The molecule has 0 aromatic heterocycles. The molecule has 0 aromatic carbocycles. The van der Waals surface area contributed by atoms with Crippen LogP contribution in [0.25, 0.3) is 0 Å². The summed E-state index contributed by atoms with van der Waals surface area (Å²) in [5.41, 5.74) is 6.58. The number of fused-ring (bicyclic) bond motifs is 3. The molecule has 0 saturated heterocycles. The fraction of sp³-hybridized carbons (Fsp3) is 1.00. The van der Waals surface area contributed by atoms with Crippen LogP contribution in [-0.2, 0) is 4.74 Å². The minimum atomic E-state index is -0.291. The highest BCUT2D eigenvalue weighted by atomic mass is 16.5. The van der Waals surface area contributed by atoms with Crippen LogP contribution in [0.15, 0.2) is 0 Å². The molecule has 15 heavy (non-hydrogen) atoms. The maximum Gasteiger partial charge on any atom is 0.0836 e. The number of hydrogen-bond acceptors (Lipinski definition) is 3. The van der Waals surface area contributed by atoms with Gasteiger partial charge in [0.05, 0.1) is 12.2 Å². The minimum Gasteiger partial charge on any atom is -0.390 e. The van der Waals surface area contributed by atoms with Crippen LogP contribution in [0.3, 0.4) is 0 Å². The van der Waals surface area contributed by atoms with Gasteiger partial charge in [-0.3, -0.25) is 0 Å². The number of aliphatic hydroxyl groups excluding tert-OH is 1. The third kappa shape index (κ3) is 1.17. The Morgan fingerprint density at radius 1 is 1.33 bits per heavy atom. The van der Waals surface area contributed by atoms with Gasteiger partial charge in [-0.25, -0.2) is 0 Å². The van der Waals surface area contributed by atoms with Gasteiger partial charge in [-0.2, -0.15) is 0 Å². The molecule has 3 saturated carbocycles. The molecular formula is C12H21NO2. The average molecular weight is 211 g/mol. The minimum absolute atomic E-state index is 0.0235. The van der Waals surface area contributed by atoms with Crippen LogP contribution in [0, 0.1) is 17.3 Å². The molecule has 86 valence electrons. The maximum atomic E-state index is 9.98. The van der Waals surface area contributed by atoms with Crippen molar-refractivity contribution in [3.8, 4) is 0 Å². The molecule has 0 radical (unpaired) electrons. The first-order valence-electron chi connectivity index (χ1n) is 6.14. The zero-order chi connectivity index (χ0) is 10.6. The van der Waals surface area contributed by atoms with E-state index in [1.165, 1.54) is 19.3 Å². The molecule has 0 amide bonds. The van der Waals surface area contributed by atoms with E-state index < -0.39 is 0 Å². The van der Waals surface area contributed by atoms with E-state index in [-0.39, 0.29) is 17.6 Å². The fourth-order valence-electron chi connectivity index (χ4n) is 4.57. The Bertz CT molecular complexity index is 266. The van der Waals surface area contributed by atoms with Gasteiger partial charge in [0.1, 0.15) is 0 Å². The summed E-state index contributed by atoms with van der Waals surface area (Å²) in [6.45, 7) is 0. The second kappa shape index (κ2) is 3.19. The molecule has 0 aromatic rings. The molecule has 0 heterocycles. The van der Waals surface area contributed by atoms with E-state index in [4.69, 9.17) is 10.5 Å². The predicted octanol–water partition coefficient (Wildman–Crippen LogP) is 0.900. The van der Waals surface area contributed by atoms with Gasteiger partial charge in [-0.05, 0) is 49.4 Å². The Morgan fingerprint density at radius 3 is 2.67 bits per heavy atom. The molecule has 3 aliphatic carbocycles. The van der Waals surface area contributed by atoms with Crippen LogP contribution >= 0.6 is 0 Å². The van der Waals surface area contributed by atoms with Crippen molar-refractivity contribution in [3.63, 3.8) is 0 Å². The van der Waals surface area contributed by atoms with Crippen molar-refractivity contribution in [1.82, 2.24) is 0 Å². The van der Waals surface area contributed by atoms with Crippen molar-refractivity contribution in [2.75, 3.05) is 7.11 Å². The van der Waals surface area contributed by atoms with Crippen LogP contribution in [0.2, 0.25) is 0 Å². The molecule has 6 atom stereocenters. The molecule has 3 nitrogen and oxygen atoms in total. The monoisotopic (exact) mass is 211 g/mol. The third-order valence-corrected chi connectivity index (χ3v) is 5.36. The van der Waals surface area contributed by atoms with E-state index in [1.807, 2.05) is 0 Å². The Labute approximate surface area is 91.0 Å². The number of ether oxygens (including phenoxy) is 1. The summed E-state index contributed by atoms with van der Waals surface area (Å²) in [5, 5.41) is 9.98. The fourth-order valence-corrected chi connectivity index (χ4v) is 4.57. The molecular weight excluding hydrogens is 190 g/mol. The number of methoxy groups -OCH3 is 1. The lowest BCUT2D eigenvalue weighted by Gasteiger charge is -2.39. The molecule has 3 heteroatoms. The largest absolute Gasteiger partial charge is 0.390 e. The lowest BCUT2D eigenvalue weighted by atomic mass is 9.69. The number of nitrogens with two attached hydrogens (primary N) is 1. The van der Waals surface area contributed by atoms with E-state index in [0.29, 0.717) is 6.04 Å². The van der Waals surface area contributed by atoms with Crippen molar-refractivity contribution >= 4 is 0 Å². The summed E-state index contributed by atoms with van der Waals surface area (Å²) in [5.74, 6) is 1.48. The quantitative estimate of drug-likeness (QED) is 0.677. The smallest absolute Gasteiger partial charge is 0.0836 e. The second-order valence-corrected chi connectivity index (χ2v) is 5.78. The van der Waals surface area contributed by atoms with Gasteiger partial charge in [-0.15, -0.1) is 0 Å². The van der Waals surface area contributed by atoms with Crippen molar-refractivity contribution in [1.29, 1.82) is 0 Å². The highest BCUT2D eigenvalue weighted by Crippen LogP contribution is 2.62. The zero-order valence-corrected chi connectivity index (χ0v) is 9.36. The summed E-state index contributed by atoms with van der Waals surface area (Å²) in [6, 6.07) is 0.311. The van der Waals surface area contributed by atoms with Gasteiger partial charge < -0.3 is 15.6 Å². The van der Waals surface area contributed by atoms with Crippen molar-refractivity contribution in [2.45, 2.75) is 50.4 Å². The third-order valence-electron chi connectivity index (χ3n) is 5.36. The standard InChI is InChI=1S/C12H21NO2/c1-15-10-6-12(5-9(10)14)8-3-2-7(4-8)11(12)13/h7-11,14H,2-6,13H2,1H3/t7-,8?,9-,10?,11-,12-/m1/s1. The zero-order valence-electron chi connectivity index (χ0n) is 9.36. The highest BCUT2D eigenvalue weighted by Gasteiger charge is 2.61. The van der Waals surface area contributed by atoms with E-state index in [1.54, 1.807) is 7.11 Å². The first-order valence-corrected chi connectivity index (χ1v) is 6.14. The van der Waals surface area contributed by atoms with Crippen LogP contribution < -0.4 is 5.73 Å². The predicted molar refractivity (Wildman–Crippen MR) is 57.3 cm³/mol. The van der Waals surface area contributed by atoms with Gasteiger partial charge in [0.2, 0.25) is 0 Å². The van der Waals surface area contributed by atoms with E-state index in [2.05, 4.69) is 0 Å². The van der Waals surface area contributed by atoms with Crippen LogP contribution in [0.4, 0.5) is 0 Å². The first kappa shape index (κ1) is 10.1. The Hall–Kier alpha value is -0.120. The van der Waals surface area contributed by atoms with Gasteiger partial charge >= 0.3 is 0 Å². The van der Waals surface area contributed by atoms with Crippen LogP contribution in [-0.4, -0.2) is 30.5 Å². The Morgan fingerprint density at radius 2 is 2.13 bits per heavy atom. The van der Waals surface area contributed by atoms with Crippen molar-refractivity contribution in [2.24, 2.45) is 23.0 Å². The number of hydrogen-bond donors (Lipinski definition) is 2. The van der Waals surface area contributed by atoms with E-state index in [9.17, 15) is 5.11 Å². The maximum absolute atomic E-state index is 9.98. The molecule has 0 aliphatic heterocycles. The average Bonchev–Trinajstić information content (AvgIpc) is 2.85. The summed E-state index contributed by atoms with van der Waals surface area (Å²) in [6.07, 6.45) is 5.50. The Balaban J connectivity index is 1.86. The number of rotatable bonds is 1. The van der Waals surface area contributed by atoms with Crippen LogP contribution in [0.1, 0.15) is 32.1 Å². The molecule has 2 unspecified atom stereocenters. The topological polar surface area (TPSA) is 55.5 Å². The van der Waals surface area contributed by atoms with Gasteiger partial charge in [-0.1, -0.05) is 0 Å². The molecule has 3 fully saturated rings. The second-order valence-electron chi connectivity index (χ2n) is 5.78. The first-order chi connectivity index (χ1) is 7.17. The molecule has 3 N–H and O–H groups in total. The van der Waals surface area contributed by atoms with Gasteiger partial charge in [0, 0.05) is 13.2 Å². The molecule has 3 rings (SSSR count). The summed E-state index contributed by atoms with van der Waals surface area (Å²) < 4.78 is 5.36. The van der Waals surface area contributed by atoms with E-state index >= 15 is 0 Å². The molecule has 2 bridgehead atoms. The molecule has 1 spiro atoms. The van der Waals surface area contributed by atoms with Gasteiger partial charge in [0.15, 0.2) is 0 Å². The SMILES string of the molecule is COC1C[C@]2(C[C@H]1O)C1CC[C@H](C1)[C@H]2N. The summed E-state index contributed by atoms with van der Waals surface area (Å²) in [7, 11) is 1.70. The number of aliphatic hydroxyl groups is 1. The van der Waals surface area contributed by atoms with Gasteiger partial charge in [0.25, 0.3) is 0 Å². The summed E-state index contributed by atoms with van der Waals surface area (Å²) in [4.78, 5) is 0. The molecule has 3 aliphatic rings. The summed E-state index contributed by atoms with van der Waals surface area (Å²) >= 11 is 0. The van der Waals surface area contributed by atoms with E-state index in [0.717, 1.165) is 24.7 Å². The van der Waals surface area contributed by atoms with Crippen molar-refractivity contribution < 1.29 is 9.84 Å².